The van der Waals surface area contributed by atoms with Crippen molar-refractivity contribution in [1.82, 2.24) is 0 Å². The van der Waals surface area contributed by atoms with Crippen LogP contribution in [0.3, 0.4) is 0 Å². The van der Waals surface area contributed by atoms with Crippen molar-refractivity contribution in [1.29, 1.82) is 0 Å². The molecule has 0 aliphatic heterocycles. The summed E-state index contributed by atoms with van der Waals surface area (Å²) in [5.41, 5.74) is 5.32. The summed E-state index contributed by atoms with van der Waals surface area (Å²) >= 11 is 0. The van der Waals surface area contributed by atoms with E-state index in [0.29, 0.717) is 12.8 Å². The van der Waals surface area contributed by atoms with E-state index >= 15 is 0 Å². The van der Waals surface area contributed by atoms with Gasteiger partial charge in [-0.05, 0) is 70.6 Å². The van der Waals surface area contributed by atoms with Gasteiger partial charge in [0.2, 0.25) is 0 Å². The van der Waals surface area contributed by atoms with Crippen molar-refractivity contribution in [3.8, 4) is 0 Å². The van der Waals surface area contributed by atoms with Crippen LogP contribution in [-0.2, 0) is 32.7 Å². The molecule has 0 aromatic rings. The van der Waals surface area contributed by atoms with Gasteiger partial charge in [-0.25, -0.2) is 4.57 Å². The van der Waals surface area contributed by atoms with Gasteiger partial charge in [0, 0.05) is 19.4 Å². The Morgan fingerprint density at radius 2 is 1.17 bits per heavy atom. The van der Waals surface area contributed by atoms with Crippen LogP contribution >= 0.6 is 7.82 Å². The number of ether oxygens (including phenoxy) is 2. The molecule has 2 atom stereocenters. The Balaban J connectivity index is 4.37. The predicted molar refractivity (Wildman–Crippen MR) is 192 cm³/mol. The highest BCUT2D eigenvalue weighted by Crippen LogP contribution is 2.43. The average molecular weight is 682 g/mol. The van der Waals surface area contributed by atoms with Crippen LogP contribution < -0.4 is 5.73 Å². The van der Waals surface area contributed by atoms with Crippen molar-refractivity contribution in [2.24, 2.45) is 5.73 Å². The first-order valence-corrected chi connectivity index (χ1v) is 19.3. The summed E-state index contributed by atoms with van der Waals surface area (Å²) in [7, 11) is -4.38. The summed E-state index contributed by atoms with van der Waals surface area (Å²) < 4.78 is 32.5. The van der Waals surface area contributed by atoms with E-state index in [4.69, 9.17) is 24.3 Å². The molecule has 3 N–H and O–H groups in total. The van der Waals surface area contributed by atoms with Crippen LogP contribution in [-0.4, -0.2) is 49.3 Å². The first-order chi connectivity index (χ1) is 22.8. The zero-order chi connectivity index (χ0) is 34.7. The third-order valence-electron chi connectivity index (χ3n) is 6.89. The van der Waals surface area contributed by atoms with Gasteiger partial charge in [0.15, 0.2) is 6.10 Å². The molecule has 0 aliphatic rings. The Morgan fingerprint density at radius 1 is 0.660 bits per heavy atom. The molecule has 0 aromatic carbocycles. The van der Waals surface area contributed by atoms with Crippen molar-refractivity contribution >= 4 is 19.8 Å². The van der Waals surface area contributed by atoms with Crippen LogP contribution in [0, 0.1) is 0 Å². The van der Waals surface area contributed by atoms with Crippen LogP contribution in [0.25, 0.3) is 0 Å². The lowest BCUT2D eigenvalue weighted by Gasteiger charge is -2.19. The summed E-state index contributed by atoms with van der Waals surface area (Å²) in [6, 6.07) is 0. The second kappa shape index (κ2) is 33.6. The standard InChI is InChI=1S/C37H64NO8P/c1-3-5-7-9-11-13-15-16-17-18-20-22-24-26-28-30-37(40)46-35(34-45-47(41,42)44-32-31-38)33-43-36(39)29-27-25-23-21-19-14-12-10-8-6-4-2/h5,7,10-13,16-17,20,22,35H,3-4,6,8-9,14-15,18-19,21,23-34,38H2,1-2H3,(H,41,42)/b7-5+,12-10+,13-11+,17-16+,22-20+/t35-/m1/s1. The predicted octanol–water partition coefficient (Wildman–Crippen LogP) is 9.38. The minimum absolute atomic E-state index is 0.0426. The SMILES string of the molecule is CC/C=C/C/C=C/C/C=C/C/C=C/CCCCC(=O)O[C@H](COC(=O)CCCCCCC/C=C/CCCC)COP(=O)(O)OCCN. The molecule has 0 rings (SSSR count). The van der Waals surface area contributed by atoms with Gasteiger partial charge in [-0.3, -0.25) is 18.6 Å². The molecule has 0 amide bonds. The first-order valence-electron chi connectivity index (χ1n) is 17.8. The minimum Gasteiger partial charge on any atom is -0.462 e. The van der Waals surface area contributed by atoms with Gasteiger partial charge in [0.05, 0.1) is 13.2 Å². The number of hydrogen-bond donors (Lipinski definition) is 2. The molecule has 47 heavy (non-hydrogen) atoms. The number of esters is 2. The Bertz CT molecular complexity index is 960. The Labute approximate surface area is 285 Å². The Kier molecular flexibility index (Phi) is 32.0. The second-order valence-corrected chi connectivity index (χ2v) is 12.8. The number of carbonyl (C=O) groups excluding carboxylic acids is 2. The fourth-order valence-corrected chi connectivity index (χ4v) is 5.02. The molecule has 9 nitrogen and oxygen atoms in total. The quantitative estimate of drug-likeness (QED) is 0.0308. The molecule has 0 saturated carbocycles. The molecule has 0 heterocycles. The molecule has 0 saturated heterocycles. The number of carbonyl (C=O) groups is 2. The van der Waals surface area contributed by atoms with Gasteiger partial charge in [-0.2, -0.15) is 0 Å². The topological polar surface area (TPSA) is 134 Å². The molecule has 0 aliphatic carbocycles. The third kappa shape index (κ3) is 33.4. The number of phosphoric ester groups is 1. The first kappa shape index (κ1) is 44.7. The van der Waals surface area contributed by atoms with E-state index in [1.54, 1.807) is 0 Å². The number of hydrogen-bond acceptors (Lipinski definition) is 8. The number of nitrogens with two attached hydrogens (primary N) is 1. The van der Waals surface area contributed by atoms with Gasteiger partial charge in [0.25, 0.3) is 0 Å². The van der Waals surface area contributed by atoms with Crippen LogP contribution in [0.5, 0.6) is 0 Å². The average Bonchev–Trinajstić information content (AvgIpc) is 3.05. The van der Waals surface area contributed by atoms with Gasteiger partial charge in [-0.1, -0.05) is 107 Å². The van der Waals surface area contributed by atoms with E-state index in [-0.39, 0.29) is 32.6 Å². The van der Waals surface area contributed by atoms with Crippen LogP contribution in [0.15, 0.2) is 60.8 Å². The normalized spacial score (nSPS) is 14.2. The van der Waals surface area contributed by atoms with E-state index in [2.05, 4.69) is 74.6 Å². The van der Waals surface area contributed by atoms with E-state index in [9.17, 15) is 19.0 Å². The summed E-state index contributed by atoms with van der Waals surface area (Å²) in [5.74, 6) is -0.898. The van der Waals surface area contributed by atoms with E-state index in [1.165, 1.54) is 12.8 Å². The highest BCUT2D eigenvalue weighted by Gasteiger charge is 2.25. The molecule has 270 valence electrons. The smallest absolute Gasteiger partial charge is 0.462 e. The van der Waals surface area contributed by atoms with Gasteiger partial charge >= 0.3 is 19.8 Å². The van der Waals surface area contributed by atoms with E-state index in [1.807, 2.05) is 0 Å². The van der Waals surface area contributed by atoms with Crippen molar-refractivity contribution in [3.05, 3.63) is 60.8 Å². The molecule has 0 spiro atoms. The molecule has 0 bridgehead atoms. The minimum atomic E-state index is -4.38. The Morgan fingerprint density at radius 3 is 1.81 bits per heavy atom. The summed E-state index contributed by atoms with van der Waals surface area (Å²) in [5, 5.41) is 0. The summed E-state index contributed by atoms with van der Waals surface area (Å²) in [6.07, 6.45) is 36.9. The fraction of sp³-hybridized carbons (Fsp3) is 0.676. The number of unbranched alkanes of at least 4 members (excludes halogenated alkanes) is 9. The molecular formula is C37H64NO8P. The number of rotatable bonds is 32. The van der Waals surface area contributed by atoms with Gasteiger partial charge in [-0.15, -0.1) is 0 Å². The maximum absolute atomic E-state index is 12.5. The van der Waals surface area contributed by atoms with Crippen molar-refractivity contribution in [3.63, 3.8) is 0 Å². The van der Waals surface area contributed by atoms with Gasteiger partial charge < -0.3 is 20.1 Å². The van der Waals surface area contributed by atoms with Crippen molar-refractivity contribution < 1.29 is 37.6 Å². The van der Waals surface area contributed by atoms with E-state index < -0.39 is 32.5 Å². The maximum Gasteiger partial charge on any atom is 0.472 e. The second-order valence-electron chi connectivity index (χ2n) is 11.3. The van der Waals surface area contributed by atoms with Crippen LogP contribution in [0.1, 0.15) is 129 Å². The fourth-order valence-electron chi connectivity index (χ4n) is 4.25. The highest BCUT2D eigenvalue weighted by molar-refractivity contribution is 7.47. The van der Waals surface area contributed by atoms with Gasteiger partial charge in [0.1, 0.15) is 6.61 Å². The molecular weight excluding hydrogens is 617 g/mol. The zero-order valence-electron chi connectivity index (χ0n) is 29.2. The molecule has 1 unspecified atom stereocenters. The highest BCUT2D eigenvalue weighted by atomic mass is 31.2. The van der Waals surface area contributed by atoms with Crippen molar-refractivity contribution in [2.75, 3.05) is 26.4 Å². The summed E-state index contributed by atoms with van der Waals surface area (Å²) in [4.78, 5) is 34.6. The summed E-state index contributed by atoms with van der Waals surface area (Å²) in [6.45, 7) is 3.48. The van der Waals surface area contributed by atoms with Crippen molar-refractivity contribution in [2.45, 2.75) is 136 Å². The molecule has 10 heteroatoms. The largest absolute Gasteiger partial charge is 0.472 e. The molecule has 0 fully saturated rings. The lowest BCUT2D eigenvalue weighted by atomic mass is 10.1. The lowest BCUT2D eigenvalue weighted by Crippen LogP contribution is -2.29. The third-order valence-corrected chi connectivity index (χ3v) is 7.87. The van der Waals surface area contributed by atoms with Crippen LogP contribution in [0.4, 0.5) is 0 Å². The van der Waals surface area contributed by atoms with Crippen LogP contribution in [0.2, 0.25) is 0 Å². The zero-order valence-corrected chi connectivity index (χ0v) is 30.1. The Hall–Kier alpha value is -2.29. The monoisotopic (exact) mass is 681 g/mol. The molecule has 0 aromatic heterocycles. The lowest BCUT2D eigenvalue weighted by molar-refractivity contribution is -0.161. The molecule has 0 radical (unpaired) electrons. The number of allylic oxidation sites excluding steroid dienone is 10. The maximum atomic E-state index is 12.5. The van der Waals surface area contributed by atoms with E-state index in [0.717, 1.165) is 77.0 Å². The number of phosphoric acid groups is 1.